The van der Waals surface area contributed by atoms with Crippen molar-refractivity contribution in [3.63, 3.8) is 0 Å². The SMILES string of the molecule is COCc1cccc(NC(=O)C2CC(OC)CN2)c1. The second-order valence-corrected chi connectivity index (χ2v) is 4.68. The first-order valence-electron chi connectivity index (χ1n) is 6.38. The minimum Gasteiger partial charge on any atom is -0.380 e. The molecule has 1 aromatic rings. The highest BCUT2D eigenvalue weighted by atomic mass is 16.5. The summed E-state index contributed by atoms with van der Waals surface area (Å²) < 4.78 is 10.3. The number of benzene rings is 1. The highest BCUT2D eigenvalue weighted by molar-refractivity contribution is 5.95. The number of anilines is 1. The summed E-state index contributed by atoms with van der Waals surface area (Å²) in [7, 11) is 3.32. The molecule has 1 amide bonds. The van der Waals surface area contributed by atoms with Crippen LogP contribution in [0.4, 0.5) is 5.69 Å². The molecule has 2 unspecified atom stereocenters. The Morgan fingerprint density at radius 1 is 1.47 bits per heavy atom. The molecule has 5 nitrogen and oxygen atoms in total. The predicted octanol–water partition coefficient (Wildman–Crippen LogP) is 1.15. The molecule has 1 aliphatic rings. The zero-order valence-electron chi connectivity index (χ0n) is 11.3. The number of amides is 1. The lowest BCUT2D eigenvalue weighted by molar-refractivity contribution is -0.118. The molecule has 0 bridgehead atoms. The number of carbonyl (C=O) groups is 1. The maximum atomic E-state index is 12.1. The summed E-state index contributed by atoms with van der Waals surface area (Å²) in [5.41, 5.74) is 1.83. The van der Waals surface area contributed by atoms with E-state index in [2.05, 4.69) is 10.6 Å². The normalized spacial score (nSPS) is 22.4. The Balaban J connectivity index is 1.93. The number of hydrogen-bond donors (Lipinski definition) is 2. The van der Waals surface area contributed by atoms with Crippen LogP contribution in [0, 0.1) is 0 Å². The van der Waals surface area contributed by atoms with Crippen LogP contribution in [0.25, 0.3) is 0 Å². The van der Waals surface area contributed by atoms with Gasteiger partial charge in [0.25, 0.3) is 0 Å². The number of nitrogens with one attached hydrogen (secondary N) is 2. The summed E-state index contributed by atoms with van der Waals surface area (Å²) in [4.78, 5) is 12.1. The molecule has 2 N–H and O–H groups in total. The van der Waals surface area contributed by atoms with Gasteiger partial charge in [-0.2, -0.15) is 0 Å². The lowest BCUT2D eigenvalue weighted by Crippen LogP contribution is -2.35. The minimum atomic E-state index is -0.184. The van der Waals surface area contributed by atoms with E-state index >= 15 is 0 Å². The van der Waals surface area contributed by atoms with Gasteiger partial charge in [-0.1, -0.05) is 12.1 Å². The van der Waals surface area contributed by atoms with Crippen molar-refractivity contribution >= 4 is 11.6 Å². The fourth-order valence-electron chi connectivity index (χ4n) is 2.22. The lowest BCUT2D eigenvalue weighted by atomic mass is 10.1. The average molecular weight is 264 g/mol. The van der Waals surface area contributed by atoms with Crippen molar-refractivity contribution in [1.82, 2.24) is 5.32 Å². The Kier molecular flexibility index (Phi) is 4.90. The standard InChI is InChI=1S/C14H20N2O3/c1-18-9-10-4-3-5-11(6-10)16-14(17)13-7-12(19-2)8-15-13/h3-6,12-13,15H,7-9H2,1-2H3,(H,16,17). The molecule has 2 atom stereocenters. The Hall–Kier alpha value is -1.43. The largest absolute Gasteiger partial charge is 0.380 e. The Bertz CT molecular complexity index is 436. The Labute approximate surface area is 113 Å². The zero-order chi connectivity index (χ0) is 13.7. The highest BCUT2D eigenvalue weighted by Gasteiger charge is 2.29. The maximum Gasteiger partial charge on any atom is 0.241 e. The molecule has 2 rings (SSSR count). The van der Waals surface area contributed by atoms with E-state index < -0.39 is 0 Å². The average Bonchev–Trinajstić information content (AvgIpc) is 2.88. The summed E-state index contributed by atoms with van der Waals surface area (Å²) in [6.07, 6.45) is 0.829. The molecule has 1 saturated heterocycles. The van der Waals surface area contributed by atoms with Crippen molar-refractivity contribution in [3.8, 4) is 0 Å². The van der Waals surface area contributed by atoms with Crippen molar-refractivity contribution < 1.29 is 14.3 Å². The summed E-state index contributed by atoms with van der Waals surface area (Å²) in [5, 5.41) is 6.07. The van der Waals surface area contributed by atoms with Gasteiger partial charge in [-0.05, 0) is 24.1 Å². The summed E-state index contributed by atoms with van der Waals surface area (Å²) in [6, 6.07) is 7.48. The summed E-state index contributed by atoms with van der Waals surface area (Å²) >= 11 is 0. The van der Waals surface area contributed by atoms with E-state index in [1.165, 1.54) is 0 Å². The van der Waals surface area contributed by atoms with Crippen LogP contribution in [0.3, 0.4) is 0 Å². The van der Waals surface area contributed by atoms with Gasteiger partial charge in [0, 0.05) is 26.5 Å². The van der Waals surface area contributed by atoms with E-state index in [4.69, 9.17) is 9.47 Å². The first kappa shape index (κ1) is 14.0. The van der Waals surface area contributed by atoms with Crippen molar-refractivity contribution in [2.75, 3.05) is 26.1 Å². The first-order chi connectivity index (χ1) is 9.22. The van der Waals surface area contributed by atoms with Gasteiger partial charge < -0.3 is 20.1 Å². The van der Waals surface area contributed by atoms with Crippen LogP contribution >= 0.6 is 0 Å². The minimum absolute atomic E-state index is 0.0193. The van der Waals surface area contributed by atoms with Crippen molar-refractivity contribution in [1.29, 1.82) is 0 Å². The highest BCUT2D eigenvalue weighted by Crippen LogP contribution is 2.15. The Morgan fingerprint density at radius 2 is 2.32 bits per heavy atom. The van der Waals surface area contributed by atoms with Crippen LogP contribution in [0.1, 0.15) is 12.0 Å². The molecular formula is C14H20N2O3. The van der Waals surface area contributed by atoms with Crippen molar-refractivity contribution in [2.45, 2.75) is 25.2 Å². The van der Waals surface area contributed by atoms with Crippen LogP contribution < -0.4 is 10.6 Å². The maximum absolute atomic E-state index is 12.1. The fraction of sp³-hybridized carbons (Fsp3) is 0.500. The molecule has 0 spiro atoms. The van der Waals surface area contributed by atoms with Gasteiger partial charge in [0.05, 0.1) is 18.8 Å². The molecule has 104 valence electrons. The predicted molar refractivity (Wildman–Crippen MR) is 73.0 cm³/mol. The second kappa shape index (κ2) is 6.65. The van der Waals surface area contributed by atoms with Crippen LogP contribution in [-0.4, -0.2) is 38.8 Å². The molecular weight excluding hydrogens is 244 g/mol. The number of ether oxygens (including phenoxy) is 2. The lowest BCUT2D eigenvalue weighted by Gasteiger charge is -2.12. The molecule has 1 fully saturated rings. The quantitative estimate of drug-likeness (QED) is 0.837. The molecule has 19 heavy (non-hydrogen) atoms. The molecule has 1 aliphatic heterocycles. The molecule has 1 heterocycles. The fourth-order valence-corrected chi connectivity index (χ4v) is 2.22. The van der Waals surface area contributed by atoms with Gasteiger partial charge in [-0.15, -0.1) is 0 Å². The van der Waals surface area contributed by atoms with Crippen LogP contribution in [0.5, 0.6) is 0 Å². The summed E-state index contributed by atoms with van der Waals surface area (Å²) in [5.74, 6) is -0.0193. The third-order valence-corrected chi connectivity index (χ3v) is 3.25. The molecule has 0 aliphatic carbocycles. The molecule has 1 aromatic carbocycles. The van der Waals surface area contributed by atoms with Crippen LogP contribution in [0.2, 0.25) is 0 Å². The number of hydrogen-bond acceptors (Lipinski definition) is 4. The van der Waals surface area contributed by atoms with Gasteiger partial charge in [0.2, 0.25) is 5.91 Å². The Morgan fingerprint density at radius 3 is 3.00 bits per heavy atom. The van der Waals surface area contributed by atoms with Crippen molar-refractivity contribution in [3.05, 3.63) is 29.8 Å². The third-order valence-electron chi connectivity index (χ3n) is 3.25. The van der Waals surface area contributed by atoms with E-state index in [0.29, 0.717) is 13.0 Å². The number of methoxy groups -OCH3 is 2. The van der Waals surface area contributed by atoms with E-state index in [-0.39, 0.29) is 18.1 Å². The molecule has 5 heteroatoms. The van der Waals surface area contributed by atoms with Gasteiger partial charge in [0.1, 0.15) is 0 Å². The smallest absolute Gasteiger partial charge is 0.241 e. The van der Waals surface area contributed by atoms with E-state index in [9.17, 15) is 4.79 Å². The van der Waals surface area contributed by atoms with E-state index in [1.807, 2.05) is 24.3 Å². The van der Waals surface area contributed by atoms with Crippen molar-refractivity contribution in [2.24, 2.45) is 0 Å². The zero-order valence-corrected chi connectivity index (χ0v) is 11.3. The van der Waals surface area contributed by atoms with Crippen LogP contribution in [-0.2, 0) is 20.9 Å². The van der Waals surface area contributed by atoms with E-state index in [0.717, 1.165) is 17.8 Å². The summed E-state index contributed by atoms with van der Waals surface area (Å²) in [6.45, 7) is 1.26. The number of rotatable bonds is 5. The van der Waals surface area contributed by atoms with E-state index in [1.54, 1.807) is 14.2 Å². The van der Waals surface area contributed by atoms with Gasteiger partial charge in [-0.3, -0.25) is 4.79 Å². The van der Waals surface area contributed by atoms with Gasteiger partial charge in [0.15, 0.2) is 0 Å². The topological polar surface area (TPSA) is 59.6 Å². The van der Waals surface area contributed by atoms with Gasteiger partial charge in [-0.25, -0.2) is 0 Å². The second-order valence-electron chi connectivity index (χ2n) is 4.68. The number of carbonyl (C=O) groups excluding carboxylic acids is 1. The molecule has 0 saturated carbocycles. The first-order valence-corrected chi connectivity index (χ1v) is 6.38. The third kappa shape index (κ3) is 3.76. The monoisotopic (exact) mass is 264 g/mol. The molecule has 0 radical (unpaired) electrons. The van der Waals surface area contributed by atoms with Crippen LogP contribution in [0.15, 0.2) is 24.3 Å². The van der Waals surface area contributed by atoms with Gasteiger partial charge >= 0.3 is 0 Å². The molecule has 0 aromatic heterocycles.